The van der Waals surface area contributed by atoms with Crippen LogP contribution in [0.4, 0.5) is 16.4 Å². The van der Waals surface area contributed by atoms with Gasteiger partial charge in [-0.15, -0.1) is 22.7 Å². The molecule has 0 aliphatic heterocycles. The lowest BCUT2D eigenvalue weighted by Crippen LogP contribution is -2.07. The van der Waals surface area contributed by atoms with Crippen LogP contribution in [0.25, 0.3) is 9.75 Å². The molecule has 0 radical (unpaired) electrons. The highest BCUT2D eigenvalue weighted by Gasteiger charge is 2.15. The SMILES string of the molecule is Brc1ccc(-c2ccc(N(c3ccccc3)c3ccccc3)s2)s1. The van der Waals surface area contributed by atoms with Crippen LogP contribution >= 0.6 is 38.6 Å². The van der Waals surface area contributed by atoms with Crippen molar-refractivity contribution in [3.63, 3.8) is 0 Å². The molecule has 0 aliphatic rings. The number of nitrogens with zero attached hydrogens (tertiary/aromatic N) is 1. The largest absolute Gasteiger partial charge is 0.302 e. The van der Waals surface area contributed by atoms with Gasteiger partial charge in [-0.3, -0.25) is 0 Å². The summed E-state index contributed by atoms with van der Waals surface area (Å²) in [4.78, 5) is 4.88. The number of para-hydroxylation sites is 2. The second-order valence-corrected chi connectivity index (χ2v) is 8.77. The molecule has 24 heavy (non-hydrogen) atoms. The first-order valence-electron chi connectivity index (χ1n) is 7.57. The van der Waals surface area contributed by atoms with E-state index in [1.165, 1.54) is 26.1 Å². The fourth-order valence-electron chi connectivity index (χ4n) is 2.58. The number of benzene rings is 2. The highest BCUT2D eigenvalue weighted by atomic mass is 79.9. The molecule has 4 aromatic rings. The van der Waals surface area contributed by atoms with E-state index in [1.807, 2.05) is 11.3 Å². The zero-order chi connectivity index (χ0) is 16.4. The van der Waals surface area contributed by atoms with Crippen molar-refractivity contribution in [2.75, 3.05) is 4.90 Å². The molecule has 2 aromatic heterocycles. The van der Waals surface area contributed by atoms with Crippen LogP contribution in [0.2, 0.25) is 0 Å². The Morgan fingerprint density at radius 2 is 1.12 bits per heavy atom. The van der Waals surface area contributed by atoms with E-state index in [-0.39, 0.29) is 0 Å². The van der Waals surface area contributed by atoms with Gasteiger partial charge in [0.1, 0.15) is 5.00 Å². The van der Waals surface area contributed by atoms with Crippen molar-refractivity contribution in [2.45, 2.75) is 0 Å². The van der Waals surface area contributed by atoms with Crippen molar-refractivity contribution >= 4 is 55.0 Å². The summed E-state index contributed by atoms with van der Waals surface area (Å²) in [5, 5.41) is 1.21. The molecule has 0 bridgehead atoms. The summed E-state index contributed by atoms with van der Waals surface area (Å²) < 4.78 is 1.16. The standard InChI is InChI=1S/C20H14BrNS2/c21-19-13-11-17(23-19)18-12-14-20(24-18)22(15-7-3-1-4-8-15)16-9-5-2-6-10-16/h1-14H. The van der Waals surface area contributed by atoms with E-state index in [4.69, 9.17) is 0 Å². The maximum Gasteiger partial charge on any atom is 0.101 e. The van der Waals surface area contributed by atoms with E-state index in [0.717, 1.165) is 3.79 Å². The van der Waals surface area contributed by atoms with Crippen LogP contribution in [0.1, 0.15) is 0 Å². The van der Waals surface area contributed by atoms with E-state index in [1.54, 1.807) is 11.3 Å². The third-order valence-electron chi connectivity index (χ3n) is 3.66. The zero-order valence-corrected chi connectivity index (χ0v) is 15.9. The molecule has 0 amide bonds. The summed E-state index contributed by atoms with van der Waals surface area (Å²) in [7, 11) is 0. The number of rotatable bonds is 4. The average molecular weight is 412 g/mol. The van der Waals surface area contributed by atoms with Gasteiger partial charge in [0.25, 0.3) is 0 Å². The molecule has 118 valence electrons. The smallest absolute Gasteiger partial charge is 0.101 e. The molecular formula is C20H14BrNS2. The Bertz CT molecular complexity index is 889. The lowest BCUT2D eigenvalue weighted by Gasteiger charge is -2.23. The van der Waals surface area contributed by atoms with Crippen molar-refractivity contribution in [1.82, 2.24) is 0 Å². The van der Waals surface area contributed by atoms with E-state index in [0.29, 0.717) is 0 Å². The number of thiophene rings is 2. The highest BCUT2D eigenvalue weighted by Crippen LogP contribution is 2.43. The molecule has 0 fully saturated rings. The Morgan fingerprint density at radius 1 is 0.583 bits per heavy atom. The van der Waals surface area contributed by atoms with Gasteiger partial charge in [-0.2, -0.15) is 0 Å². The topological polar surface area (TPSA) is 3.24 Å². The quantitative estimate of drug-likeness (QED) is 0.332. The van der Waals surface area contributed by atoms with Gasteiger partial charge in [0, 0.05) is 21.1 Å². The number of hydrogen-bond acceptors (Lipinski definition) is 3. The van der Waals surface area contributed by atoms with E-state index < -0.39 is 0 Å². The van der Waals surface area contributed by atoms with Crippen molar-refractivity contribution in [1.29, 1.82) is 0 Å². The fourth-order valence-corrected chi connectivity index (χ4v) is 5.11. The monoisotopic (exact) mass is 411 g/mol. The molecule has 2 heterocycles. The molecule has 4 heteroatoms. The van der Waals surface area contributed by atoms with Crippen molar-refractivity contribution < 1.29 is 0 Å². The van der Waals surface area contributed by atoms with Gasteiger partial charge in [0.15, 0.2) is 0 Å². The Kier molecular flexibility index (Phi) is 4.52. The summed E-state index contributed by atoms with van der Waals surface area (Å²) in [5.41, 5.74) is 2.34. The number of halogens is 1. The minimum Gasteiger partial charge on any atom is -0.302 e. The van der Waals surface area contributed by atoms with E-state index in [9.17, 15) is 0 Å². The molecule has 0 saturated heterocycles. The summed E-state index contributed by atoms with van der Waals surface area (Å²) in [6.45, 7) is 0. The second kappa shape index (κ2) is 6.93. The van der Waals surface area contributed by atoms with E-state index >= 15 is 0 Å². The third kappa shape index (κ3) is 3.18. The summed E-state index contributed by atoms with van der Waals surface area (Å²) in [6.07, 6.45) is 0. The first kappa shape index (κ1) is 15.6. The van der Waals surface area contributed by atoms with Crippen LogP contribution in [0, 0.1) is 0 Å². The molecule has 0 atom stereocenters. The molecule has 0 saturated carbocycles. The first-order chi connectivity index (χ1) is 11.8. The summed E-state index contributed by atoms with van der Waals surface area (Å²) in [6, 6.07) is 29.7. The van der Waals surface area contributed by atoms with Gasteiger partial charge in [-0.05, 0) is 64.5 Å². The van der Waals surface area contributed by atoms with Gasteiger partial charge < -0.3 is 4.90 Å². The molecule has 0 unspecified atom stereocenters. The number of hydrogen-bond donors (Lipinski definition) is 0. The molecule has 4 rings (SSSR count). The van der Waals surface area contributed by atoms with Crippen LogP contribution < -0.4 is 4.90 Å². The fraction of sp³-hybridized carbons (Fsp3) is 0. The summed E-state index contributed by atoms with van der Waals surface area (Å²) in [5.74, 6) is 0. The maximum atomic E-state index is 3.55. The van der Waals surface area contributed by atoms with Gasteiger partial charge in [0.2, 0.25) is 0 Å². The Labute approximate surface area is 158 Å². The highest BCUT2D eigenvalue weighted by molar-refractivity contribution is 9.11. The first-order valence-corrected chi connectivity index (χ1v) is 10.00. The van der Waals surface area contributed by atoms with Crippen LogP contribution in [0.3, 0.4) is 0 Å². The second-order valence-electron chi connectivity index (χ2n) is 5.25. The van der Waals surface area contributed by atoms with Crippen molar-refractivity contribution in [3.8, 4) is 9.75 Å². The lowest BCUT2D eigenvalue weighted by molar-refractivity contribution is 1.32. The lowest BCUT2D eigenvalue weighted by atomic mass is 10.2. The average Bonchev–Trinajstić information content (AvgIpc) is 3.26. The molecule has 0 spiro atoms. The van der Waals surface area contributed by atoms with Gasteiger partial charge in [0.05, 0.1) is 3.79 Å². The van der Waals surface area contributed by atoms with Gasteiger partial charge in [-0.25, -0.2) is 0 Å². The molecule has 0 aliphatic carbocycles. The predicted octanol–water partition coefficient (Wildman–Crippen LogP) is 7.71. The number of anilines is 3. The molecule has 0 N–H and O–H groups in total. The van der Waals surface area contributed by atoms with Gasteiger partial charge in [-0.1, -0.05) is 36.4 Å². The van der Waals surface area contributed by atoms with Crippen molar-refractivity contribution in [3.05, 3.63) is 88.7 Å². The third-order valence-corrected chi connectivity index (χ3v) is 6.55. The molecular weight excluding hydrogens is 398 g/mol. The molecule has 2 aromatic carbocycles. The maximum absolute atomic E-state index is 3.55. The minimum atomic E-state index is 1.16. The Hall–Kier alpha value is -1.88. The Balaban J connectivity index is 1.79. The van der Waals surface area contributed by atoms with Crippen LogP contribution in [-0.2, 0) is 0 Å². The van der Waals surface area contributed by atoms with Crippen LogP contribution in [0.15, 0.2) is 88.7 Å². The zero-order valence-electron chi connectivity index (χ0n) is 12.7. The Morgan fingerprint density at radius 3 is 1.67 bits per heavy atom. The predicted molar refractivity (Wildman–Crippen MR) is 110 cm³/mol. The minimum absolute atomic E-state index is 1.16. The van der Waals surface area contributed by atoms with E-state index in [2.05, 4.69) is 106 Å². The molecule has 1 nitrogen and oxygen atoms in total. The van der Waals surface area contributed by atoms with Crippen LogP contribution in [-0.4, -0.2) is 0 Å². The van der Waals surface area contributed by atoms with Crippen molar-refractivity contribution in [2.24, 2.45) is 0 Å². The van der Waals surface area contributed by atoms with Crippen LogP contribution in [0.5, 0.6) is 0 Å². The normalized spacial score (nSPS) is 10.7. The van der Waals surface area contributed by atoms with Gasteiger partial charge >= 0.3 is 0 Å². The summed E-state index contributed by atoms with van der Waals surface area (Å²) >= 11 is 7.13.